The molecule has 1 aliphatic heterocycles. The van der Waals surface area contributed by atoms with E-state index >= 15 is 0 Å². The minimum Gasteiger partial charge on any atom is -0.108 e. The van der Waals surface area contributed by atoms with E-state index in [4.69, 9.17) is 0 Å². The summed E-state index contributed by atoms with van der Waals surface area (Å²) >= 11 is 2.03. The molecule has 0 saturated carbocycles. The van der Waals surface area contributed by atoms with Gasteiger partial charge in [-0.3, -0.25) is 0 Å². The molecule has 20 heavy (non-hydrogen) atoms. The Morgan fingerprint density at radius 1 is 1.05 bits per heavy atom. The van der Waals surface area contributed by atoms with Crippen molar-refractivity contribution < 1.29 is 0 Å². The van der Waals surface area contributed by atoms with Crippen molar-refractivity contribution in [2.45, 2.75) is 33.1 Å². The standard InChI is InChI=1S/C18H17S2/c1-2-8-14(9-3-1)20-17-12-6-4-10-15(17)19-16-11-5-7-13-18(16)20/h1-2,4-8,10-13,15,17H,3,9H2/q+1. The first-order chi connectivity index (χ1) is 9.93. The molecule has 0 aromatic heterocycles. The largest absolute Gasteiger partial charge is 0.174 e. The minimum absolute atomic E-state index is 0.228. The molecule has 0 amide bonds. The zero-order valence-corrected chi connectivity index (χ0v) is 12.9. The molecule has 1 aromatic rings. The topological polar surface area (TPSA) is 0 Å². The molecule has 2 heteroatoms. The zero-order chi connectivity index (χ0) is 13.4. The molecule has 0 fully saturated rings. The Bertz CT molecular complexity index is 637. The van der Waals surface area contributed by atoms with Crippen molar-refractivity contribution in [3.05, 3.63) is 71.7 Å². The smallest absolute Gasteiger partial charge is 0.108 e. The molecule has 4 rings (SSSR count). The van der Waals surface area contributed by atoms with Gasteiger partial charge in [0.15, 0.2) is 10.1 Å². The van der Waals surface area contributed by atoms with Gasteiger partial charge in [-0.05, 0) is 30.7 Å². The molecule has 3 unspecified atom stereocenters. The van der Waals surface area contributed by atoms with Crippen LogP contribution in [0.4, 0.5) is 0 Å². The van der Waals surface area contributed by atoms with Gasteiger partial charge in [-0.1, -0.05) is 42.5 Å². The highest BCUT2D eigenvalue weighted by Crippen LogP contribution is 2.47. The van der Waals surface area contributed by atoms with Crippen LogP contribution in [0.25, 0.3) is 0 Å². The maximum absolute atomic E-state index is 2.43. The summed E-state index contributed by atoms with van der Waals surface area (Å²) in [6.07, 6.45) is 18.6. The van der Waals surface area contributed by atoms with E-state index in [1.165, 1.54) is 17.7 Å². The zero-order valence-electron chi connectivity index (χ0n) is 11.2. The molecule has 3 aliphatic rings. The highest BCUT2D eigenvalue weighted by molar-refractivity contribution is 8.07. The number of benzene rings is 1. The van der Waals surface area contributed by atoms with Crippen molar-refractivity contribution in [3.63, 3.8) is 0 Å². The molecule has 1 heterocycles. The van der Waals surface area contributed by atoms with E-state index in [2.05, 4.69) is 66.8 Å². The van der Waals surface area contributed by atoms with Crippen LogP contribution in [0.1, 0.15) is 12.8 Å². The number of allylic oxidation sites excluding steroid dienone is 6. The van der Waals surface area contributed by atoms with E-state index in [-0.39, 0.29) is 10.9 Å². The third kappa shape index (κ3) is 2.11. The Morgan fingerprint density at radius 3 is 2.85 bits per heavy atom. The summed E-state index contributed by atoms with van der Waals surface area (Å²) in [6.45, 7) is 0. The van der Waals surface area contributed by atoms with Gasteiger partial charge in [-0.2, -0.15) is 0 Å². The van der Waals surface area contributed by atoms with Crippen molar-refractivity contribution in [2.24, 2.45) is 0 Å². The van der Waals surface area contributed by atoms with E-state index in [0.717, 1.165) is 0 Å². The molecule has 3 atom stereocenters. The molecule has 100 valence electrons. The highest BCUT2D eigenvalue weighted by atomic mass is 32.2. The molecule has 0 spiro atoms. The van der Waals surface area contributed by atoms with E-state index in [9.17, 15) is 0 Å². The van der Waals surface area contributed by atoms with Gasteiger partial charge in [-0.15, -0.1) is 11.8 Å². The maximum atomic E-state index is 2.43. The second kappa shape index (κ2) is 5.34. The summed E-state index contributed by atoms with van der Waals surface area (Å²) in [5.41, 5.74) is 0. The summed E-state index contributed by atoms with van der Waals surface area (Å²) in [7, 11) is 0.228. The van der Waals surface area contributed by atoms with Gasteiger partial charge in [0.1, 0.15) is 4.91 Å². The second-order valence-electron chi connectivity index (χ2n) is 5.20. The third-order valence-corrected chi connectivity index (χ3v) is 8.28. The Kier molecular flexibility index (Phi) is 3.37. The van der Waals surface area contributed by atoms with Gasteiger partial charge in [0, 0.05) is 6.42 Å². The summed E-state index contributed by atoms with van der Waals surface area (Å²) in [6, 6.07) is 9.00. The van der Waals surface area contributed by atoms with Crippen molar-refractivity contribution >= 4 is 22.7 Å². The summed E-state index contributed by atoms with van der Waals surface area (Å²) < 4.78 is 0. The predicted octanol–water partition coefficient (Wildman–Crippen LogP) is 4.87. The second-order valence-corrected chi connectivity index (χ2v) is 8.61. The normalized spacial score (nSPS) is 30.6. The van der Waals surface area contributed by atoms with Gasteiger partial charge in [0.25, 0.3) is 0 Å². The van der Waals surface area contributed by atoms with Crippen molar-refractivity contribution in [2.75, 3.05) is 0 Å². The van der Waals surface area contributed by atoms with E-state index in [1.54, 1.807) is 9.80 Å². The van der Waals surface area contributed by atoms with Crippen molar-refractivity contribution in [1.29, 1.82) is 0 Å². The monoisotopic (exact) mass is 297 g/mol. The number of fused-ring (bicyclic) bond motifs is 2. The van der Waals surface area contributed by atoms with Crippen LogP contribution in [-0.2, 0) is 10.9 Å². The van der Waals surface area contributed by atoms with E-state index < -0.39 is 0 Å². The fourth-order valence-electron chi connectivity index (χ4n) is 2.99. The van der Waals surface area contributed by atoms with Gasteiger partial charge < -0.3 is 0 Å². The molecule has 0 N–H and O–H groups in total. The van der Waals surface area contributed by atoms with Crippen LogP contribution >= 0.6 is 11.8 Å². The molecule has 1 aromatic carbocycles. The van der Waals surface area contributed by atoms with E-state index in [0.29, 0.717) is 10.5 Å². The van der Waals surface area contributed by atoms with Crippen LogP contribution in [0, 0.1) is 0 Å². The van der Waals surface area contributed by atoms with Gasteiger partial charge in [0.05, 0.1) is 21.0 Å². The molecule has 0 saturated heterocycles. The van der Waals surface area contributed by atoms with Gasteiger partial charge >= 0.3 is 0 Å². The Labute approximate surface area is 127 Å². The number of thioether (sulfide) groups is 1. The average molecular weight is 297 g/mol. The quantitative estimate of drug-likeness (QED) is 0.667. The Hall–Kier alpha value is -1.12. The lowest BCUT2D eigenvalue weighted by atomic mass is 10.2. The lowest BCUT2D eigenvalue weighted by Gasteiger charge is -2.30. The fourth-order valence-corrected chi connectivity index (χ4v) is 7.53. The fraction of sp³-hybridized carbons (Fsp3) is 0.222. The van der Waals surface area contributed by atoms with Gasteiger partial charge in [-0.25, -0.2) is 0 Å². The first-order valence-electron chi connectivity index (χ1n) is 7.13. The first kappa shape index (κ1) is 12.6. The number of hydrogen-bond donors (Lipinski definition) is 0. The average Bonchev–Trinajstić information content (AvgIpc) is 2.53. The molecule has 0 bridgehead atoms. The van der Waals surface area contributed by atoms with Crippen LogP contribution < -0.4 is 0 Å². The van der Waals surface area contributed by atoms with Crippen molar-refractivity contribution in [1.82, 2.24) is 0 Å². The van der Waals surface area contributed by atoms with Gasteiger partial charge in [0.2, 0.25) is 0 Å². The van der Waals surface area contributed by atoms with Crippen LogP contribution in [0.2, 0.25) is 0 Å². The molecule has 0 nitrogen and oxygen atoms in total. The number of hydrogen-bond acceptors (Lipinski definition) is 1. The van der Waals surface area contributed by atoms with E-state index in [1.807, 2.05) is 11.8 Å². The molecular formula is C18H17S2+. The van der Waals surface area contributed by atoms with Crippen LogP contribution in [0.5, 0.6) is 0 Å². The highest BCUT2D eigenvalue weighted by Gasteiger charge is 2.46. The SMILES string of the molecule is C1=CCCC([S+]2c3ccccc3SC3C=CC=CC32)=C1. The minimum atomic E-state index is 0.228. The van der Waals surface area contributed by atoms with Crippen molar-refractivity contribution in [3.8, 4) is 0 Å². The molecule has 2 aliphatic carbocycles. The lowest BCUT2D eigenvalue weighted by molar-refractivity contribution is 0.982. The van der Waals surface area contributed by atoms with Crippen LogP contribution in [0.15, 0.2) is 81.5 Å². The third-order valence-electron chi connectivity index (χ3n) is 3.92. The summed E-state index contributed by atoms with van der Waals surface area (Å²) in [5.74, 6) is 0. The Morgan fingerprint density at radius 2 is 1.95 bits per heavy atom. The predicted molar refractivity (Wildman–Crippen MR) is 90.2 cm³/mol. The first-order valence-corrected chi connectivity index (χ1v) is 9.30. The van der Waals surface area contributed by atoms with Crippen LogP contribution in [-0.4, -0.2) is 10.5 Å². The summed E-state index contributed by atoms with van der Waals surface area (Å²) in [5, 5.41) is 1.24. The molecular weight excluding hydrogens is 280 g/mol. The molecule has 0 radical (unpaired) electrons. The number of rotatable bonds is 1. The van der Waals surface area contributed by atoms with Crippen LogP contribution in [0.3, 0.4) is 0 Å². The maximum Gasteiger partial charge on any atom is 0.174 e. The summed E-state index contributed by atoms with van der Waals surface area (Å²) in [4.78, 5) is 4.67. The lowest BCUT2D eigenvalue weighted by Crippen LogP contribution is -2.35. The Balaban J connectivity index is 1.84.